The predicted octanol–water partition coefficient (Wildman–Crippen LogP) is 2.77. The van der Waals surface area contributed by atoms with Crippen molar-refractivity contribution in [3.8, 4) is 0 Å². The summed E-state index contributed by atoms with van der Waals surface area (Å²) >= 11 is 0. The summed E-state index contributed by atoms with van der Waals surface area (Å²) in [5.74, 6) is -2.38. The predicted molar refractivity (Wildman–Crippen MR) is 121 cm³/mol. The van der Waals surface area contributed by atoms with Crippen LogP contribution in [-0.4, -0.2) is 72.7 Å². The van der Waals surface area contributed by atoms with Crippen LogP contribution in [0.25, 0.3) is 0 Å². The van der Waals surface area contributed by atoms with Crippen LogP contribution in [0.1, 0.15) is 11.1 Å². The smallest absolute Gasteiger partial charge is 0.330 e. The Kier molecular flexibility index (Phi) is 7.08. The number of halogens is 6. The largest absolute Gasteiger partial charge is 0.416 e. The summed E-state index contributed by atoms with van der Waals surface area (Å²) in [6, 6.07) is 8.06. The second-order valence-corrected chi connectivity index (χ2v) is 8.69. The molecule has 8 nitrogen and oxygen atoms in total. The van der Waals surface area contributed by atoms with Gasteiger partial charge in [-0.2, -0.15) is 26.3 Å². The number of piperazine rings is 2. The minimum absolute atomic E-state index is 0.0793. The molecule has 4 rings (SSSR count). The van der Waals surface area contributed by atoms with Gasteiger partial charge in [-0.25, -0.2) is 0 Å². The molecule has 0 aliphatic carbocycles. The van der Waals surface area contributed by atoms with E-state index in [0.29, 0.717) is 0 Å². The number of nitrogens with zero attached hydrogens (tertiary/aromatic N) is 4. The lowest BCUT2D eigenvalue weighted by atomic mass is 10.1. The van der Waals surface area contributed by atoms with Crippen LogP contribution < -0.4 is 9.80 Å². The van der Waals surface area contributed by atoms with Crippen LogP contribution in [-0.2, 0) is 31.5 Å². The molecule has 2 aromatic carbocycles. The van der Waals surface area contributed by atoms with Crippen molar-refractivity contribution in [2.45, 2.75) is 12.4 Å². The second kappa shape index (κ2) is 9.99. The molecular weight excluding hydrogens is 522 g/mol. The Labute approximate surface area is 212 Å². The SMILES string of the molecule is O=C1CN(c2cccc(C(F)(F)F)c2)C(=O)CN1CCN1CC(=O)N(c2cccc(C(F)(F)F)c2)CC1=O. The van der Waals surface area contributed by atoms with Crippen LogP contribution in [0.4, 0.5) is 37.7 Å². The summed E-state index contributed by atoms with van der Waals surface area (Å²) in [6.45, 7) is -2.14. The zero-order valence-electron chi connectivity index (χ0n) is 19.6. The number of hydrogen-bond acceptors (Lipinski definition) is 4. The number of benzene rings is 2. The molecule has 0 atom stereocenters. The molecule has 0 spiro atoms. The molecule has 2 fully saturated rings. The maximum absolute atomic E-state index is 13.0. The molecular formula is C24H20F6N4O4. The topological polar surface area (TPSA) is 81.2 Å². The molecule has 202 valence electrons. The van der Waals surface area contributed by atoms with Gasteiger partial charge < -0.3 is 19.6 Å². The average Bonchev–Trinajstić information content (AvgIpc) is 2.85. The first-order chi connectivity index (χ1) is 17.7. The average molecular weight is 542 g/mol. The minimum Gasteiger partial charge on any atom is -0.330 e. The van der Waals surface area contributed by atoms with Crippen molar-refractivity contribution in [2.75, 3.05) is 49.1 Å². The standard InChI is InChI=1S/C24H20F6N4O4/c25-23(26,27)15-3-1-5-17(9-15)33-13-19(35)31(11-21(33)37)7-8-32-12-22(38)34(14-20(32)36)18-6-2-4-16(10-18)24(28,29)30/h1-6,9-10H,7-8,11-14H2. The highest BCUT2D eigenvalue weighted by molar-refractivity contribution is 6.05. The van der Waals surface area contributed by atoms with E-state index >= 15 is 0 Å². The lowest BCUT2D eigenvalue weighted by Crippen LogP contribution is -2.58. The summed E-state index contributed by atoms with van der Waals surface area (Å²) in [4.78, 5) is 54.6. The highest BCUT2D eigenvalue weighted by Crippen LogP contribution is 2.33. The fourth-order valence-corrected chi connectivity index (χ4v) is 4.14. The van der Waals surface area contributed by atoms with Crippen LogP contribution in [0.5, 0.6) is 0 Å². The zero-order chi connectivity index (χ0) is 27.8. The maximum atomic E-state index is 13.0. The molecule has 4 amide bonds. The van der Waals surface area contributed by atoms with Crippen molar-refractivity contribution >= 4 is 35.0 Å². The number of anilines is 2. The third kappa shape index (κ3) is 5.73. The van der Waals surface area contributed by atoms with Gasteiger partial charge in [0.1, 0.15) is 26.2 Å². The Bertz CT molecular complexity index is 1180. The first kappa shape index (κ1) is 26.9. The molecule has 14 heteroatoms. The van der Waals surface area contributed by atoms with Gasteiger partial charge in [0.2, 0.25) is 23.6 Å². The van der Waals surface area contributed by atoms with Crippen molar-refractivity contribution in [1.82, 2.24) is 9.80 Å². The van der Waals surface area contributed by atoms with Crippen LogP contribution in [0, 0.1) is 0 Å². The normalized spacial score (nSPS) is 17.5. The summed E-state index contributed by atoms with van der Waals surface area (Å²) in [7, 11) is 0. The summed E-state index contributed by atoms with van der Waals surface area (Å²) in [5.41, 5.74) is -2.09. The maximum Gasteiger partial charge on any atom is 0.416 e. The molecule has 2 aliphatic rings. The molecule has 0 radical (unpaired) electrons. The molecule has 0 aromatic heterocycles. The highest BCUT2D eigenvalue weighted by Gasteiger charge is 2.37. The quantitative estimate of drug-likeness (QED) is 0.545. The molecule has 2 saturated heterocycles. The van der Waals surface area contributed by atoms with E-state index < -0.39 is 73.3 Å². The molecule has 2 heterocycles. The number of carbonyl (C=O) groups excluding carboxylic acids is 4. The monoisotopic (exact) mass is 542 g/mol. The van der Waals surface area contributed by atoms with E-state index in [1.807, 2.05) is 0 Å². The van der Waals surface area contributed by atoms with Crippen molar-refractivity contribution in [3.05, 3.63) is 59.7 Å². The molecule has 2 aliphatic heterocycles. The minimum atomic E-state index is -4.62. The first-order valence-corrected chi connectivity index (χ1v) is 11.2. The van der Waals surface area contributed by atoms with E-state index in [2.05, 4.69) is 0 Å². The van der Waals surface area contributed by atoms with Crippen LogP contribution in [0.15, 0.2) is 48.5 Å². The Morgan fingerprint density at radius 1 is 0.553 bits per heavy atom. The summed E-state index contributed by atoms with van der Waals surface area (Å²) < 4.78 is 78.1. The Balaban J connectivity index is 1.36. The zero-order valence-corrected chi connectivity index (χ0v) is 19.6. The first-order valence-electron chi connectivity index (χ1n) is 11.2. The summed E-state index contributed by atoms with van der Waals surface area (Å²) in [6.07, 6.45) is -9.25. The number of carbonyl (C=O) groups is 4. The van der Waals surface area contributed by atoms with E-state index in [4.69, 9.17) is 0 Å². The van der Waals surface area contributed by atoms with Crippen molar-refractivity contribution in [1.29, 1.82) is 0 Å². The molecule has 38 heavy (non-hydrogen) atoms. The van der Waals surface area contributed by atoms with Gasteiger partial charge in [0, 0.05) is 24.5 Å². The van der Waals surface area contributed by atoms with Gasteiger partial charge in [0.05, 0.1) is 11.1 Å². The van der Waals surface area contributed by atoms with Crippen LogP contribution in [0.3, 0.4) is 0 Å². The third-order valence-corrected chi connectivity index (χ3v) is 6.16. The Morgan fingerprint density at radius 3 is 1.26 bits per heavy atom. The number of rotatable bonds is 5. The second-order valence-electron chi connectivity index (χ2n) is 8.69. The van der Waals surface area contributed by atoms with Crippen molar-refractivity contribution < 1.29 is 45.5 Å². The third-order valence-electron chi connectivity index (χ3n) is 6.16. The molecule has 0 bridgehead atoms. The van der Waals surface area contributed by atoms with Crippen molar-refractivity contribution in [2.24, 2.45) is 0 Å². The molecule has 0 unspecified atom stereocenters. The van der Waals surface area contributed by atoms with E-state index in [1.165, 1.54) is 12.1 Å². The highest BCUT2D eigenvalue weighted by atomic mass is 19.4. The lowest BCUT2D eigenvalue weighted by Gasteiger charge is -2.37. The van der Waals surface area contributed by atoms with Crippen molar-refractivity contribution in [3.63, 3.8) is 0 Å². The fraction of sp³-hybridized carbons (Fsp3) is 0.333. The number of hydrogen-bond donors (Lipinski definition) is 0. The van der Waals surface area contributed by atoms with Gasteiger partial charge in [-0.1, -0.05) is 12.1 Å². The van der Waals surface area contributed by atoms with Gasteiger partial charge in [-0.3, -0.25) is 19.2 Å². The van der Waals surface area contributed by atoms with Crippen LogP contribution >= 0.6 is 0 Å². The van der Waals surface area contributed by atoms with Gasteiger partial charge in [-0.15, -0.1) is 0 Å². The van der Waals surface area contributed by atoms with E-state index in [1.54, 1.807) is 0 Å². The van der Waals surface area contributed by atoms with Gasteiger partial charge in [0.25, 0.3) is 0 Å². The van der Waals surface area contributed by atoms with Gasteiger partial charge >= 0.3 is 12.4 Å². The molecule has 0 N–H and O–H groups in total. The molecule has 2 aromatic rings. The Hall–Kier alpha value is -4.10. The van der Waals surface area contributed by atoms with Crippen LogP contribution in [0.2, 0.25) is 0 Å². The van der Waals surface area contributed by atoms with E-state index in [9.17, 15) is 45.5 Å². The number of alkyl halides is 6. The van der Waals surface area contributed by atoms with E-state index in [-0.39, 0.29) is 24.5 Å². The van der Waals surface area contributed by atoms with E-state index in [0.717, 1.165) is 56.0 Å². The molecule has 0 saturated carbocycles. The Morgan fingerprint density at radius 2 is 0.921 bits per heavy atom. The van der Waals surface area contributed by atoms with Gasteiger partial charge in [0.15, 0.2) is 0 Å². The lowest BCUT2D eigenvalue weighted by molar-refractivity contribution is -0.141. The van der Waals surface area contributed by atoms with Gasteiger partial charge in [-0.05, 0) is 36.4 Å². The fourth-order valence-electron chi connectivity index (χ4n) is 4.14. The summed E-state index contributed by atoms with van der Waals surface area (Å²) in [5, 5.41) is 0. The number of amides is 4.